The average Bonchev–Trinajstić information content (AvgIpc) is 3.82. The van der Waals surface area contributed by atoms with Gasteiger partial charge in [-0.2, -0.15) is 0 Å². The SMILES string of the molecule is [C-]#[N+]/C(C#N)=C1\Sc2c(OC(=O)C3CCC(C(=O)Oc4ccc(CCOC(=O)CCC(=O)OCC(C)(C)COC(=O)C=C)cc4)CC3)ccc(OC(=O)C3CCC(C4CCC(CC)CC4)CC3)c2S1. The van der Waals surface area contributed by atoms with E-state index in [9.17, 15) is 34.0 Å². The highest BCUT2D eigenvalue weighted by Gasteiger charge is 2.37. The molecule has 0 radical (unpaired) electrons. The molecule has 0 N–H and O–H groups in total. The molecule has 0 unspecified atom stereocenters. The number of thioether (sulfide) groups is 2. The van der Waals surface area contributed by atoms with Gasteiger partial charge < -0.3 is 28.4 Å². The zero-order valence-electron chi connectivity index (χ0n) is 39.8. The van der Waals surface area contributed by atoms with Crippen molar-refractivity contribution in [1.82, 2.24) is 0 Å². The second kappa shape index (κ2) is 25.3. The predicted octanol–water partition coefficient (Wildman–Crippen LogP) is 10.9. The Morgan fingerprint density at radius 2 is 1.19 bits per heavy atom. The lowest BCUT2D eigenvalue weighted by Crippen LogP contribution is -2.30. The van der Waals surface area contributed by atoms with Gasteiger partial charge in [0.1, 0.15) is 17.2 Å². The summed E-state index contributed by atoms with van der Waals surface area (Å²) in [7, 11) is 0. The summed E-state index contributed by atoms with van der Waals surface area (Å²) in [6.45, 7) is 16.8. The molecule has 69 heavy (non-hydrogen) atoms. The van der Waals surface area contributed by atoms with Gasteiger partial charge in [-0.1, -0.05) is 82.3 Å². The molecule has 0 aromatic heterocycles. The molecule has 1 aliphatic heterocycles. The molecule has 0 spiro atoms. The molecule has 6 rings (SSSR count). The summed E-state index contributed by atoms with van der Waals surface area (Å²) < 4.78 is 33.6. The van der Waals surface area contributed by atoms with Crippen LogP contribution in [-0.4, -0.2) is 55.6 Å². The van der Waals surface area contributed by atoms with Gasteiger partial charge in [0.25, 0.3) is 5.70 Å². The van der Waals surface area contributed by atoms with Crippen molar-refractivity contribution >= 4 is 59.3 Å². The van der Waals surface area contributed by atoms with Crippen molar-refractivity contribution in [2.24, 2.45) is 40.9 Å². The van der Waals surface area contributed by atoms with E-state index in [1.165, 1.54) is 43.9 Å². The van der Waals surface area contributed by atoms with E-state index < -0.39 is 47.1 Å². The van der Waals surface area contributed by atoms with Crippen LogP contribution in [-0.2, 0) is 49.4 Å². The minimum Gasteiger partial charge on any atom is -0.465 e. The third-order valence-electron chi connectivity index (χ3n) is 13.6. The Morgan fingerprint density at radius 1 is 0.710 bits per heavy atom. The zero-order valence-corrected chi connectivity index (χ0v) is 41.4. The monoisotopic (exact) mass is 982 g/mol. The number of hydrogen-bond donors (Lipinski definition) is 0. The molecule has 0 amide bonds. The molecule has 16 heteroatoms. The number of carbonyl (C=O) groups is 6. The van der Waals surface area contributed by atoms with E-state index in [4.69, 9.17) is 35.0 Å². The Morgan fingerprint density at radius 3 is 1.68 bits per heavy atom. The Hall–Kier alpha value is -5.58. The van der Waals surface area contributed by atoms with E-state index in [-0.39, 0.29) is 56.0 Å². The Bertz CT molecular complexity index is 2310. The van der Waals surface area contributed by atoms with Crippen molar-refractivity contribution < 1.29 is 57.2 Å². The average molecular weight is 983 g/mol. The molecule has 368 valence electrons. The van der Waals surface area contributed by atoms with Crippen molar-refractivity contribution in [3.63, 3.8) is 0 Å². The number of esters is 6. The summed E-state index contributed by atoms with van der Waals surface area (Å²) in [4.78, 5) is 80.4. The van der Waals surface area contributed by atoms with Gasteiger partial charge in [0.2, 0.25) is 0 Å². The van der Waals surface area contributed by atoms with Crippen LogP contribution in [0.15, 0.2) is 68.8 Å². The first kappa shape index (κ1) is 52.8. The Balaban J connectivity index is 0.925. The Kier molecular flexibility index (Phi) is 19.4. The van der Waals surface area contributed by atoms with Crippen LogP contribution in [0.1, 0.15) is 123 Å². The van der Waals surface area contributed by atoms with E-state index in [0.29, 0.717) is 63.5 Å². The lowest BCUT2D eigenvalue weighted by Gasteiger charge is -2.37. The molecule has 3 saturated carbocycles. The van der Waals surface area contributed by atoms with Gasteiger partial charge in [-0.3, -0.25) is 24.0 Å². The molecule has 3 aliphatic carbocycles. The lowest BCUT2D eigenvalue weighted by atomic mass is 9.69. The van der Waals surface area contributed by atoms with Gasteiger partial charge in [0, 0.05) is 17.9 Å². The third kappa shape index (κ3) is 15.2. The summed E-state index contributed by atoms with van der Waals surface area (Å²) in [5.41, 5.74) is 0.137. The molecule has 2 aromatic carbocycles. The van der Waals surface area contributed by atoms with E-state index in [0.717, 1.165) is 60.9 Å². The molecule has 0 bridgehead atoms. The molecule has 14 nitrogen and oxygen atoms in total. The quantitative estimate of drug-likeness (QED) is 0.0323. The summed E-state index contributed by atoms with van der Waals surface area (Å²) in [5, 5.41) is 9.66. The van der Waals surface area contributed by atoms with Crippen LogP contribution in [0.2, 0.25) is 0 Å². The van der Waals surface area contributed by atoms with E-state index >= 15 is 0 Å². The van der Waals surface area contributed by atoms with Gasteiger partial charge in [-0.25, -0.2) is 14.9 Å². The number of nitrogens with zero attached hydrogens (tertiary/aromatic N) is 2. The maximum absolute atomic E-state index is 13.6. The standard InChI is InChI=1S/C53H62N2O12S2/c1-6-33-8-12-35(13-9-33)36-14-16-38(17-15-36)50(60)66-42-24-25-43(48-47(42)68-52(69-48)41(30-54)55-5)67-51(61)39-20-18-37(19-21-39)49(59)65-40-22-10-34(11-23-40)28-29-62-45(57)26-27-46(58)64-32-53(3,4)31-63-44(56)7-2/h7,10-11,22-25,33,35-39H,2,6,8-9,12-21,26-29,31-32H2,1,3-4H3/b52-41-. The number of hydrogen-bond acceptors (Lipinski definition) is 15. The first-order valence-electron chi connectivity index (χ1n) is 24.1. The van der Waals surface area contributed by atoms with Crippen molar-refractivity contribution in [2.45, 2.75) is 133 Å². The fourth-order valence-corrected chi connectivity index (χ4v) is 11.8. The third-order valence-corrected chi connectivity index (χ3v) is 16.2. The van der Waals surface area contributed by atoms with E-state index in [1.807, 2.05) is 6.07 Å². The largest absolute Gasteiger partial charge is 0.465 e. The van der Waals surface area contributed by atoms with Gasteiger partial charge in [-0.05, 0) is 112 Å². The number of rotatable bonds is 19. The first-order valence-corrected chi connectivity index (χ1v) is 25.7. The summed E-state index contributed by atoms with van der Waals surface area (Å²) in [5.74, 6) is -0.696. The normalized spacial score (nSPS) is 22.9. The van der Waals surface area contributed by atoms with Crippen LogP contribution in [0.4, 0.5) is 0 Å². The number of allylic oxidation sites excluding steroid dienone is 1. The molecular weight excluding hydrogens is 921 g/mol. The van der Waals surface area contributed by atoms with Crippen molar-refractivity contribution in [1.29, 1.82) is 5.26 Å². The fraction of sp³-hybridized carbons (Fsp3) is 0.547. The van der Waals surface area contributed by atoms with Crippen molar-refractivity contribution in [3.05, 3.63) is 76.0 Å². The molecule has 0 saturated heterocycles. The number of ether oxygens (including phenoxy) is 6. The zero-order chi connectivity index (χ0) is 49.5. The van der Waals surface area contributed by atoms with Gasteiger partial charge in [-0.15, -0.1) is 0 Å². The smallest absolute Gasteiger partial charge is 0.330 e. The van der Waals surface area contributed by atoms with Gasteiger partial charge in [0.05, 0.1) is 77.1 Å². The molecule has 3 fully saturated rings. The van der Waals surface area contributed by atoms with Gasteiger partial charge in [0.15, 0.2) is 0 Å². The van der Waals surface area contributed by atoms with Crippen LogP contribution in [0.25, 0.3) is 4.85 Å². The fourth-order valence-electron chi connectivity index (χ4n) is 9.34. The van der Waals surface area contributed by atoms with Gasteiger partial charge >= 0.3 is 35.8 Å². The molecule has 0 atom stereocenters. The highest BCUT2D eigenvalue weighted by molar-refractivity contribution is 8.24. The predicted molar refractivity (Wildman–Crippen MR) is 257 cm³/mol. The summed E-state index contributed by atoms with van der Waals surface area (Å²) in [6, 6.07) is 12.0. The van der Waals surface area contributed by atoms with E-state index in [2.05, 4.69) is 18.3 Å². The molecule has 2 aromatic rings. The number of nitriles is 1. The van der Waals surface area contributed by atoms with Crippen molar-refractivity contribution in [2.75, 3.05) is 19.8 Å². The summed E-state index contributed by atoms with van der Waals surface area (Å²) >= 11 is 2.32. The van der Waals surface area contributed by atoms with Crippen LogP contribution in [0, 0.1) is 58.8 Å². The van der Waals surface area contributed by atoms with Crippen molar-refractivity contribution in [3.8, 4) is 23.3 Å². The summed E-state index contributed by atoms with van der Waals surface area (Å²) in [6.07, 6.45) is 12.9. The number of carbonyl (C=O) groups excluding carboxylic acids is 6. The maximum atomic E-state index is 13.6. The molecule has 4 aliphatic rings. The van der Waals surface area contributed by atoms with E-state index in [1.54, 1.807) is 50.2 Å². The highest BCUT2D eigenvalue weighted by atomic mass is 32.2. The van der Waals surface area contributed by atoms with Crippen LogP contribution < -0.4 is 14.2 Å². The minimum absolute atomic E-state index is 0.00771. The topological polar surface area (TPSA) is 186 Å². The number of benzene rings is 2. The van der Waals surface area contributed by atoms with Crippen LogP contribution in [0.3, 0.4) is 0 Å². The second-order valence-electron chi connectivity index (χ2n) is 19.1. The lowest BCUT2D eigenvalue weighted by molar-refractivity contribution is -0.154. The Labute approximate surface area is 413 Å². The highest BCUT2D eigenvalue weighted by Crippen LogP contribution is 2.59. The molecule has 1 heterocycles. The molecular formula is C53H62N2O12S2. The first-order chi connectivity index (χ1) is 33.2. The van der Waals surface area contributed by atoms with Crippen LogP contribution >= 0.6 is 23.5 Å². The van der Waals surface area contributed by atoms with Crippen LogP contribution in [0.5, 0.6) is 17.2 Å². The minimum atomic E-state index is -0.610. The second-order valence-corrected chi connectivity index (χ2v) is 21.4. The number of fused-ring (bicyclic) bond motifs is 1. The maximum Gasteiger partial charge on any atom is 0.330 e.